The molecule has 9 heteroatoms. The number of benzene rings is 3. The van der Waals surface area contributed by atoms with E-state index >= 15 is 0 Å². The molecule has 37 heavy (non-hydrogen) atoms. The van der Waals surface area contributed by atoms with Crippen molar-refractivity contribution in [3.8, 4) is 17.6 Å². The van der Waals surface area contributed by atoms with Gasteiger partial charge in [-0.15, -0.1) is 0 Å². The summed E-state index contributed by atoms with van der Waals surface area (Å²) in [6, 6.07) is 20.4. The van der Waals surface area contributed by atoms with Gasteiger partial charge in [0.15, 0.2) is 11.5 Å². The summed E-state index contributed by atoms with van der Waals surface area (Å²) < 4.78 is 16.5. The van der Waals surface area contributed by atoms with Crippen LogP contribution in [0.2, 0.25) is 0 Å². The first-order valence-corrected chi connectivity index (χ1v) is 11.7. The number of allylic oxidation sites excluding steroid dienone is 1. The fraction of sp³-hybridized carbons (Fsp3) is 0.179. The Bertz CT molecular complexity index is 1440. The van der Waals surface area contributed by atoms with Gasteiger partial charge in [-0.1, -0.05) is 30.3 Å². The van der Waals surface area contributed by atoms with E-state index in [9.17, 15) is 9.59 Å². The highest BCUT2D eigenvalue weighted by Gasteiger charge is 2.34. The van der Waals surface area contributed by atoms with E-state index < -0.39 is 18.0 Å². The van der Waals surface area contributed by atoms with Crippen LogP contribution in [0.25, 0.3) is 0 Å². The van der Waals surface area contributed by atoms with E-state index in [0.29, 0.717) is 58.0 Å². The number of anilines is 1. The summed E-state index contributed by atoms with van der Waals surface area (Å²) in [5, 5.41) is 14.8. The van der Waals surface area contributed by atoms with Gasteiger partial charge in [-0.05, 0) is 65.9 Å². The molecule has 0 aromatic heterocycles. The van der Waals surface area contributed by atoms with Gasteiger partial charge in [0.1, 0.15) is 6.61 Å². The zero-order valence-electron chi connectivity index (χ0n) is 19.8. The average Bonchev–Trinajstić information content (AvgIpc) is 3.38. The summed E-state index contributed by atoms with van der Waals surface area (Å²) in [5.74, 6) is 0.769. The van der Waals surface area contributed by atoms with E-state index in [2.05, 4.69) is 16.7 Å². The van der Waals surface area contributed by atoms with E-state index in [-0.39, 0.29) is 13.4 Å². The largest absolute Gasteiger partial charge is 0.457 e. The number of ether oxygens (including phenoxy) is 3. The predicted octanol–water partition coefficient (Wildman–Crippen LogP) is 3.85. The van der Waals surface area contributed by atoms with Crippen molar-refractivity contribution in [3.05, 3.63) is 100 Å². The number of nitrogens with zero attached hydrogens (tertiary/aromatic N) is 1. The molecule has 0 saturated heterocycles. The number of esters is 1. The maximum atomic E-state index is 13.5. The fourth-order valence-corrected chi connectivity index (χ4v) is 4.37. The van der Waals surface area contributed by atoms with E-state index in [4.69, 9.17) is 25.2 Å². The minimum absolute atomic E-state index is 0.0229. The highest BCUT2D eigenvalue weighted by molar-refractivity contribution is 5.95. The first kappa shape index (κ1) is 23.8. The van der Waals surface area contributed by atoms with Crippen LogP contribution in [0.4, 0.5) is 10.5 Å². The lowest BCUT2D eigenvalue weighted by atomic mass is 9.92. The average molecular weight is 497 g/mol. The smallest absolute Gasteiger partial charge is 0.338 e. The van der Waals surface area contributed by atoms with E-state index in [1.54, 1.807) is 48.5 Å². The van der Waals surface area contributed by atoms with Gasteiger partial charge in [0.2, 0.25) is 6.79 Å². The molecule has 0 bridgehead atoms. The molecule has 9 nitrogen and oxygen atoms in total. The van der Waals surface area contributed by atoms with Crippen LogP contribution in [0, 0.1) is 11.3 Å². The number of aryl methyl sites for hydroxylation is 1. The number of hydrogen-bond donors (Lipinski definition) is 3. The molecule has 2 aliphatic heterocycles. The molecule has 0 spiro atoms. The first-order valence-electron chi connectivity index (χ1n) is 11.7. The van der Waals surface area contributed by atoms with E-state index in [1.807, 2.05) is 18.2 Å². The van der Waals surface area contributed by atoms with Crippen LogP contribution >= 0.6 is 0 Å². The molecular weight excluding hydrogens is 472 g/mol. The zero-order chi connectivity index (χ0) is 25.8. The number of nitriles is 1. The van der Waals surface area contributed by atoms with Crippen molar-refractivity contribution < 1.29 is 23.8 Å². The topological polar surface area (TPSA) is 136 Å². The Hall–Kier alpha value is -4.97. The summed E-state index contributed by atoms with van der Waals surface area (Å²) in [6.07, 6.45) is 0.914. The fourth-order valence-electron chi connectivity index (χ4n) is 4.37. The molecule has 1 unspecified atom stereocenters. The normalized spacial score (nSPS) is 16.0. The van der Waals surface area contributed by atoms with Gasteiger partial charge >= 0.3 is 12.0 Å². The van der Waals surface area contributed by atoms with Gasteiger partial charge in [0.25, 0.3) is 0 Å². The van der Waals surface area contributed by atoms with Crippen molar-refractivity contribution >= 4 is 17.7 Å². The van der Waals surface area contributed by atoms with Crippen LogP contribution in [-0.2, 0) is 22.6 Å². The highest BCUT2D eigenvalue weighted by atomic mass is 16.7. The lowest BCUT2D eigenvalue weighted by Crippen LogP contribution is -2.46. The molecule has 0 saturated carbocycles. The molecule has 186 valence electrons. The Balaban J connectivity index is 1.44. The van der Waals surface area contributed by atoms with Gasteiger partial charge in [-0.25, -0.2) is 9.59 Å². The predicted molar refractivity (Wildman–Crippen MR) is 134 cm³/mol. The number of nitrogens with one attached hydrogen (secondary N) is 2. The first-order chi connectivity index (χ1) is 18.0. The lowest BCUT2D eigenvalue weighted by molar-refractivity contribution is -0.140. The molecule has 3 aromatic rings. The van der Waals surface area contributed by atoms with Gasteiger partial charge < -0.3 is 30.6 Å². The van der Waals surface area contributed by atoms with Crippen LogP contribution in [0.3, 0.4) is 0 Å². The van der Waals surface area contributed by atoms with Crippen molar-refractivity contribution in [2.24, 2.45) is 0 Å². The molecular formula is C28H24N4O5. The minimum atomic E-state index is -0.748. The second-order valence-corrected chi connectivity index (χ2v) is 8.67. The molecule has 0 aliphatic carbocycles. The van der Waals surface area contributed by atoms with Crippen LogP contribution in [0.5, 0.6) is 11.5 Å². The molecule has 1 atom stereocenters. The number of carbonyl (C=O) groups excluding carboxylic acids is 2. The van der Waals surface area contributed by atoms with Gasteiger partial charge in [0, 0.05) is 11.4 Å². The number of rotatable bonds is 7. The van der Waals surface area contributed by atoms with Gasteiger partial charge in [0.05, 0.1) is 23.2 Å². The van der Waals surface area contributed by atoms with E-state index in [0.717, 1.165) is 5.56 Å². The van der Waals surface area contributed by atoms with Crippen molar-refractivity contribution in [3.63, 3.8) is 0 Å². The van der Waals surface area contributed by atoms with Crippen molar-refractivity contribution in [1.29, 1.82) is 5.26 Å². The number of carbonyl (C=O) groups is 2. The van der Waals surface area contributed by atoms with Crippen LogP contribution < -0.4 is 25.8 Å². The summed E-state index contributed by atoms with van der Waals surface area (Å²) >= 11 is 0. The third kappa shape index (κ3) is 5.33. The van der Waals surface area contributed by atoms with Crippen molar-refractivity contribution in [2.75, 3.05) is 12.5 Å². The summed E-state index contributed by atoms with van der Waals surface area (Å²) in [7, 11) is 0. The van der Waals surface area contributed by atoms with Crippen LogP contribution in [0.1, 0.15) is 34.7 Å². The Kier molecular flexibility index (Phi) is 6.64. The van der Waals surface area contributed by atoms with Gasteiger partial charge in [-0.3, -0.25) is 0 Å². The maximum absolute atomic E-state index is 13.5. The van der Waals surface area contributed by atoms with Crippen LogP contribution in [0.15, 0.2) is 78.0 Å². The molecule has 2 amide bonds. The molecule has 2 aliphatic rings. The van der Waals surface area contributed by atoms with E-state index in [1.165, 1.54) is 0 Å². The minimum Gasteiger partial charge on any atom is -0.457 e. The highest BCUT2D eigenvalue weighted by Crippen LogP contribution is 2.34. The Morgan fingerprint density at radius 2 is 1.86 bits per heavy atom. The monoisotopic (exact) mass is 496 g/mol. The maximum Gasteiger partial charge on any atom is 0.338 e. The Morgan fingerprint density at radius 1 is 1.03 bits per heavy atom. The third-order valence-electron chi connectivity index (χ3n) is 6.14. The SMILES string of the molecule is N#Cc1cccc(COC(=O)C2=C(CCc3ccc4c(c3)OCO4)NC(=O)NC2c2cccc(N)c2)c1. The number of nitrogens with two attached hydrogens (primary N) is 1. The molecule has 4 N–H and O–H groups in total. The number of amides is 2. The number of urea groups is 1. The summed E-state index contributed by atoms with van der Waals surface area (Å²) in [5.41, 5.74) is 10.0. The molecule has 0 radical (unpaired) electrons. The Morgan fingerprint density at radius 3 is 2.70 bits per heavy atom. The molecule has 5 rings (SSSR count). The van der Waals surface area contributed by atoms with Gasteiger partial charge in [-0.2, -0.15) is 5.26 Å². The number of hydrogen-bond acceptors (Lipinski definition) is 7. The lowest BCUT2D eigenvalue weighted by Gasteiger charge is -2.29. The summed E-state index contributed by atoms with van der Waals surface area (Å²) in [4.78, 5) is 26.1. The molecule has 2 heterocycles. The van der Waals surface area contributed by atoms with Crippen molar-refractivity contribution in [1.82, 2.24) is 10.6 Å². The quantitative estimate of drug-likeness (QED) is 0.334. The second-order valence-electron chi connectivity index (χ2n) is 8.67. The second kappa shape index (κ2) is 10.3. The van der Waals surface area contributed by atoms with Crippen molar-refractivity contribution in [2.45, 2.75) is 25.5 Å². The number of fused-ring (bicyclic) bond motifs is 1. The number of nitrogen functional groups attached to an aromatic ring is 1. The molecule has 3 aromatic carbocycles. The summed E-state index contributed by atoms with van der Waals surface area (Å²) in [6.45, 7) is 0.158. The third-order valence-corrected chi connectivity index (χ3v) is 6.14. The standard InChI is InChI=1S/C28H24N4O5/c29-14-18-3-1-4-19(11-18)15-35-27(33)25-22(9-7-17-8-10-23-24(12-17)37-16-36-23)31-28(34)32-26(25)20-5-2-6-21(30)13-20/h1-6,8,10-13,26H,7,9,15-16,30H2,(H2,31,32,34). The molecule has 0 fully saturated rings. The van der Waals surface area contributed by atoms with Crippen LogP contribution in [-0.4, -0.2) is 18.8 Å². The Labute approximate surface area is 213 Å². The zero-order valence-corrected chi connectivity index (χ0v) is 19.8.